The van der Waals surface area contributed by atoms with Crippen LogP contribution in [0.4, 0.5) is 18.9 Å². The molecule has 0 aliphatic carbocycles. The Bertz CT molecular complexity index is 1180. The maximum atomic E-state index is 13.0. The van der Waals surface area contributed by atoms with Gasteiger partial charge < -0.3 is 19.6 Å². The first-order valence-electron chi connectivity index (χ1n) is 9.68. The Morgan fingerprint density at radius 2 is 2.03 bits per heavy atom. The molecule has 0 bridgehead atoms. The topological polar surface area (TPSA) is 84.1 Å². The molecule has 1 aliphatic rings. The van der Waals surface area contributed by atoms with Gasteiger partial charge in [-0.05, 0) is 49.2 Å². The van der Waals surface area contributed by atoms with Crippen molar-refractivity contribution in [2.24, 2.45) is 4.99 Å². The number of amides is 1. The van der Waals surface area contributed by atoms with Crippen molar-refractivity contribution in [1.82, 2.24) is 5.32 Å². The van der Waals surface area contributed by atoms with E-state index in [2.05, 4.69) is 10.3 Å². The van der Waals surface area contributed by atoms with E-state index >= 15 is 0 Å². The Kier molecular flexibility index (Phi) is 5.69. The molecule has 1 atom stereocenters. The third-order valence-corrected chi connectivity index (χ3v) is 4.90. The summed E-state index contributed by atoms with van der Waals surface area (Å²) >= 11 is 0. The molecule has 3 aromatic rings. The summed E-state index contributed by atoms with van der Waals surface area (Å²) in [5.74, 6) is -0.545. The lowest BCUT2D eigenvalue weighted by molar-refractivity contribution is -0.137. The summed E-state index contributed by atoms with van der Waals surface area (Å²) in [6.45, 7) is 0.945. The minimum atomic E-state index is -4.53. The highest BCUT2D eigenvalue weighted by Crippen LogP contribution is 2.31. The smallest absolute Gasteiger partial charge is 0.416 e. The van der Waals surface area contributed by atoms with Crippen LogP contribution in [0.1, 0.15) is 28.8 Å². The normalized spacial score (nSPS) is 17.3. The highest BCUT2D eigenvalue weighted by Gasteiger charge is 2.30. The number of nitrogens with one attached hydrogen (secondary N) is 1. The molecule has 1 amide bonds. The molecule has 6 nitrogen and oxygen atoms in total. The van der Waals surface area contributed by atoms with E-state index in [4.69, 9.17) is 9.15 Å². The lowest BCUT2D eigenvalue weighted by Gasteiger charge is -2.11. The van der Waals surface area contributed by atoms with Crippen LogP contribution in [0.2, 0.25) is 0 Å². The van der Waals surface area contributed by atoms with Gasteiger partial charge in [0.15, 0.2) is 0 Å². The Balaban J connectivity index is 1.77. The maximum Gasteiger partial charge on any atom is 0.416 e. The van der Waals surface area contributed by atoms with Gasteiger partial charge in [0.2, 0.25) is 5.55 Å². The van der Waals surface area contributed by atoms with Gasteiger partial charge in [-0.1, -0.05) is 6.07 Å². The number of ether oxygens (including phenoxy) is 1. The van der Waals surface area contributed by atoms with Crippen molar-refractivity contribution in [1.29, 1.82) is 0 Å². The highest BCUT2D eigenvalue weighted by molar-refractivity contribution is 5.96. The van der Waals surface area contributed by atoms with Crippen LogP contribution in [-0.4, -0.2) is 30.3 Å². The Labute approximate surface area is 175 Å². The molecule has 1 aliphatic heterocycles. The monoisotopic (exact) mass is 432 g/mol. The number of halogens is 3. The van der Waals surface area contributed by atoms with Gasteiger partial charge in [0.25, 0.3) is 5.91 Å². The van der Waals surface area contributed by atoms with E-state index in [-0.39, 0.29) is 34.2 Å². The minimum Gasteiger partial charge on any atom is -0.508 e. The molecule has 1 aromatic heterocycles. The Morgan fingerprint density at radius 1 is 1.19 bits per heavy atom. The lowest BCUT2D eigenvalue weighted by Crippen LogP contribution is -2.34. The molecular formula is C22H19F3N2O4. The number of rotatable bonds is 4. The first-order valence-corrected chi connectivity index (χ1v) is 9.68. The number of alkyl halides is 3. The zero-order chi connectivity index (χ0) is 22.0. The van der Waals surface area contributed by atoms with Crippen LogP contribution in [0.5, 0.6) is 5.75 Å². The molecule has 2 aromatic carbocycles. The fourth-order valence-corrected chi connectivity index (χ4v) is 3.33. The van der Waals surface area contributed by atoms with Gasteiger partial charge >= 0.3 is 6.18 Å². The van der Waals surface area contributed by atoms with E-state index in [1.807, 2.05) is 0 Å². The predicted molar refractivity (Wildman–Crippen MR) is 106 cm³/mol. The highest BCUT2D eigenvalue weighted by atomic mass is 19.4. The average molecular weight is 432 g/mol. The van der Waals surface area contributed by atoms with Crippen molar-refractivity contribution < 1.29 is 32.2 Å². The second kappa shape index (κ2) is 8.43. The van der Waals surface area contributed by atoms with E-state index in [0.717, 1.165) is 25.0 Å². The van der Waals surface area contributed by atoms with Gasteiger partial charge in [-0.3, -0.25) is 4.79 Å². The number of carbonyl (C=O) groups is 1. The van der Waals surface area contributed by atoms with Crippen molar-refractivity contribution in [2.75, 3.05) is 13.2 Å². The van der Waals surface area contributed by atoms with E-state index in [0.29, 0.717) is 18.5 Å². The molecule has 1 fully saturated rings. The minimum absolute atomic E-state index is 0.0220. The Hall–Kier alpha value is -3.33. The summed E-state index contributed by atoms with van der Waals surface area (Å²) in [5, 5.41) is 13.0. The van der Waals surface area contributed by atoms with Gasteiger partial charge in [0, 0.05) is 24.6 Å². The molecule has 0 radical (unpaired) electrons. The third-order valence-electron chi connectivity index (χ3n) is 4.90. The van der Waals surface area contributed by atoms with Crippen LogP contribution in [0.15, 0.2) is 57.9 Å². The SMILES string of the molecule is O=C(NC[C@H]1CCCO1)c1cc2ccc(O)cc2oc1=Nc1cccc(C(F)(F)F)c1. The number of hydrogen-bond donors (Lipinski definition) is 2. The lowest BCUT2D eigenvalue weighted by atomic mass is 10.1. The number of phenols is 1. The van der Waals surface area contributed by atoms with Gasteiger partial charge in [-0.15, -0.1) is 0 Å². The van der Waals surface area contributed by atoms with Crippen molar-refractivity contribution in [2.45, 2.75) is 25.1 Å². The summed E-state index contributed by atoms with van der Waals surface area (Å²) in [6, 6.07) is 10.3. The number of benzene rings is 2. The Morgan fingerprint density at radius 3 is 2.77 bits per heavy atom. The molecule has 4 rings (SSSR count). The first kappa shape index (κ1) is 20.9. The molecule has 162 valence electrons. The van der Waals surface area contributed by atoms with Crippen LogP contribution in [0.25, 0.3) is 11.0 Å². The van der Waals surface area contributed by atoms with Crippen LogP contribution in [-0.2, 0) is 10.9 Å². The number of fused-ring (bicyclic) bond motifs is 1. The predicted octanol–water partition coefficient (Wildman–Crippen LogP) is 4.30. The van der Waals surface area contributed by atoms with Gasteiger partial charge in [-0.25, -0.2) is 4.99 Å². The molecule has 2 N–H and O–H groups in total. The zero-order valence-electron chi connectivity index (χ0n) is 16.3. The molecule has 0 spiro atoms. The third kappa shape index (κ3) is 4.88. The standard InChI is InChI=1S/C22H19F3N2O4/c23-22(24,25)14-3-1-4-15(10-14)27-21-18(20(29)26-12-17-5-2-8-30-17)9-13-6-7-16(28)11-19(13)31-21/h1,3-4,6-7,9-11,17,28H,2,5,8,12H2,(H,26,29)/t17-/m1/s1. The number of phenolic OH excluding ortho intramolecular Hbond substituents is 1. The molecule has 2 heterocycles. The molecule has 0 saturated carbocycles. The zero-order valence-corrected chi connectivity index (χ0v) is 16.3. The van der Waals surface area contributed by atoms with E-state index in [9.17, 15) is 23.1 Å². The van der Waals surface area contributed by atoms with E-state index in [1.54, 1.807) is 6.07 Å². The van der Waals surface area contributed by atoms with Crippen molar-refractivity contribution >= 4 is 22.6 Å². The fraction of sp³-hybridized carbons (Fsp3) is 0.273. The van der Waals surface area contributed by atoms with Gasteiger partial charge in [-0.2, -0.15) is 13.2 Å². The second-order valence-electron chi connectivity index (χ2n) is 7.19. The van der Waals surface area contributed by atoms with Crippen LogP contribution >= 0.6 is 0 Å². The van der Waals surface area contributed by atoms with Crippen molar-refractivity contribution in [3.8, 4) is 5.75 Å². The van der Waals surface area contributed by atoms with Gasteiger partial charge in [0.1, 0.15) is 16.9 Å². The number of carbonyl (C=O) groups excluding carboxylic acids is 1. The van der Waals surface area contributed by atoms with E-state index in [1.165, 1.54) is 30.3 Å². The number of nitrogens with zero attached hydrogens (tertiary/aromatic N) is 1. The van der Waals surface area contributed by atoms with Crippen molar-refractivity contribution in [3.05, 3.63) is 65.2 Å². The molecular weight excluding hydrogens is 413 g/mol. The molecule has 31 heavy (non-hydrogen) atoms. The number of hydrogen-bond acceptors (Lipinski definition) is 5. The summed E-state index contributed by atoms with van der Waals surface area (Å²) in [5.41, 5.74) is -0.750. The van der Waals surface area contributed by atoms with Crippen LogP contribution in [0.3, 0.4) is 0 Å². The van der Waals surface area contributed by atoms with Crippen LogP contribution < -0.4 is 10.9 Å². The summed E-state index contributed by atoms with van der Waals surface area (Å²) < 4.78 is 50.3. The summed E-state index contributed by atoms with van der Waals surface area (Å²) in [4.78, 5) is 17.0. The van der Waals surface area contributed by atoms with Gasteiger partial charge in [0.05, 0.1) is 17.4 Å². The molecule has 9 heteroatoms. The fourth-order valence-electron chi connectivity index (χ4n) is 3.33. The first-order chi connectivity index (χ1) is 14.8. The average Bonchev–Trinajstić information content (AvgIpc) is 3.25. The summed E-state index contributed by atoms with van der Waals surface area (Å²) in [7, 11) is 0. The summed E-state index contributed by atoms with van der Waals surface area (Å²) in [6.07, 6.45) is -2.85. The second-order valence-corrected chi connectivity index (χ2v) is 7.19. The quantitative estimate of drug-likeness (QED) is 0.644. The van der Waals surface area contributed by atoms with Crippen LogP contribution in [0, 0.1) is 0 Å². The molecule has 1 saturated heterocycles. The maximum absolute atomic E-state index is 13.0. The van der Waals surface area contributed by atoms with E-state index < -0.39 is 17.6 Å². The largest absolute Gasteiger partial charge is 0.508 e. The van der Waals surface area contributed by atoms with Crippen molar-refractivity contribution in [3.63, 3.8) is 0 Å². The molecule has 0 unspecified atom stereocenters. The number of aromatic hydroxyl groups is 1.